The third-order valence-corrected chi connectivity index (χ3v) is 3.86. The zero-order chi connectivity index (χ0) is 13.1. The number of aryl methyl sites for hydroxylation is 1. The Hall–Kier alpha value is -1.57. The summed E-state index contributed by atoms with van der Waals surface area (Å²) >= 11 is 7.47. The van der Waals surface area contributed by atoms with Crippen LogP contribution >= 0.6 is 22.9 Å². The predicted molar refractivity (Wildman–Crippen MR) is 75.1 cm³/mol. The summed E-state index contributed by atoms with van der Waals surface area (Å²) in [5.41, 5.74) is 2.34. The summed E-state index contributed by atoms with van der Waals surface area (Å²) in [6, 6.07) is 7.44. The summed E-state index contributed by atoms with van der Waals surface area (Å²) in [5, 5.41) is 15.9. The second-order valence-corrected chi connectivity index (χ2v) is 5.32. The van der Waals surface area contributed by atoms with Gasteiger partial charge in [-0.05, 0) is 32.0 Å². The molecule has 1 N–H and O–H groups in total. The maximum absolute atomic E-state index is 9.07. The fraction of sp³-hybridized carbons (Fsp3) is 0.231. The van der Waals surface area contributed by atoms with Gasteiger partial charge in [0.1, 0.15) is 11.1 Å². The highest BCUT2D eigenvalue weighted by atomic mass is 35.5. The van der Waals surface area contributed by atoms with Gasteiger partial charge in [0.05, 0.1) is 17.3 Å². The summed E-state index contributed by atoms with van der Waals surface area (Å²) < 4.78 is 0. The molecule has 1 aromatic heterocycles. The lowest BCUT2D eigenvalue weighted by atomic mass is 10.2. The first-order chi connectivity index (χ1) is 8.60. The molecule has 0 radical (unpaired) electrons. The van der Waals surface area contributed by atoms with E-state index in [0.717, 1.165) is 16.4 Å². The molecule has 5 heteroatoms. The second-order valence-electron chi connectivity index (χ2n) is 3.99. The minimum Gasteiger partial charge on any atom is -0.375 e. The molecule has 0 amide bonds. The highest BCUT2D eigenvalue weighted by Crippen LogP contribution is 2.26. The molecule has 0 aliphatic rings. The Morgan fingerprint density at radius 2 is 2.28 bits per heavy atom. The molecular weight excluding hydrogens is 266 g/mol. The number of aromatic nitrogens is 1. The minimum absolute atomic E-state index is 0.0666. The van der Waals surface area contributed by atoms with Crippen LogP contribution in [-0.2, 0) is 0 Å². The van der Waals surface area contributed by atoms with Crippen molar-refractivity contribution in [1.29, 1.82) is 5.26 Å². The van der Waals surface area contributed by atoms with Gasteiger partial charge in [0, 0.05) is 16.1 Å². The van der Waals surface area contributed by atoms with E-state index in [4.69, 9.17) is 16.9 Å². The smallest absolute Gasteiger partial charge is 0.115 e. The van der Waals surface area contributed by atoms with E-state index in [2.05, 4.69) is 16.4 Å². The van der Waals surface area contributed by atoms with Crippen molar-refractivity contribution in [3.8, 4) is 6.07 Å². The molecule has 0 saturated heterocycles. The molecule has 18 heavy (non-hydrogen) atoms. The van der Waals surface area contributed by atoms with Crippen molar-refractivity contribution in [3.05, 3.63) is 44.9 Å². The minimum atomic E-state index is 0.0666. The van der Waals surface area contributed by atoms with Gasteiger partial charge in [0.15, 0.2) is 0 Å². The van der Waals surface area contributed by atoms with Crippen LogP contribution in [0.2, 0.25) is 5.02 Å². The van der Waals surface area contributed by atoms with Gasteiger partial charge in [0.2, 0.25) is 0 Å². The quantitative estimate of drug-likeness (QED) is 0.917. The Bertz CT molecular complexity index is 601. The van der Waals surface area contributed by atoms with Gasteiger partial charge in [-0.1, -0.05) is 11.6 Å². The number of rotatable bonds is 3. The van der Waals surface area contributed by atoms with Crippen molar-refractivity contribution in [2.75, 3.05) is 5.32 Å². The average molecular weight is 278 g/mol. The first-order valence-electron chi connectivity index (χ1n) is 5.48. The van der Waals surface area contributed by atoms with E-state index >= 15 is 0 Å². The zero-order valence-corrected chi connectivity index (χ0v) is 11.6. The number of hydrogen-bond donors (Lipinski definition) is 1. The molecule has 0 bridgehead atoms. The molecule has 0 fully saturated rings. The molecule has 1 unspecified atom stereocenters. The molecule has 0 aliphatic heterocycles. The van der Waals surface area contributed by atoms with Gasteiger partial charge in [-0.2, -0.15) is 5.26 Å². The molecule has 3 nitrogen and oxygen atoms in total. The Kier molecular flexibility index (Phi) is 3.85. The lowest BCUT2D eigenvalue weighted by Crippen LogP contribution is -2.07. The molecule has 1 heterocycles. The average Bonchev–Trinajstić information content (AvgIpc) is 2.78. The van der Waals surface area contributed by atoms with Crippen LogP contribution in [0, 0.1) is 18.3 Å². The van der Waals surface area contributed by atoms with Gasteiger partial charge >= 0.3 is 0 Å². The topological polar surface area (TPSA) is 48.7 Å². The van der Waals surface area contributed by atoms with E-state index in [1.165, 1.54) is 0 Å². The van der Waals surface area contributed by atoms with Crippen LogP contribution in [0.15, 0.2) is 23.6 Å². The van der Waals surface area contributed by atoms with Crippen LogP contribution in [0.5, 0.6) is 0 Å². The summed E-state index contributed by atoms with van der Waals surface area (Å²) in [7, 11) is 0. The van der Waals surface area contributed by atoms with Crippen molar-refractivity contribution in [2.24, 2.45) is 0 Å². The third-order valence-electron chi connectivity index (χ3n) is 2.48. The second kappa shape index (κ2) is 5.38. The molecular formula is C13H12ClN3S. The lowest BCUT2D eigenvalue weighted by molar-refractivity contribution is 0.863. The van der Waals surface area contributed by atoms with Crippen molar-refractivity contribution in [3.63, 3.8) is 0 Å². The van der Waals surface area contributed by atoms with Gasteiger partial charge in [0.25, 0.3) is 0 Å². The third kappa shape index (κ3) is 2.81. The number of benzene rings is 1. The van der Waals surface area contributed by atoms with Crippen LogP contribution in [0.25, 0.3) is 0 Å². The highest BCUT2D eigenvalue weighted by Gasteiger charge is 2.11. The molecule has 92 valence electrons. The van der Waals surface area contributed by atoms with E-state index < -0.39 is 0 Å². The fourth-order valence-electron chi connectivity index (χ4n) is 1.60. The van der Waals surface area contributed by atoms with Crippen molar-refractivity contribution < 1.29 is 0 Å². The maximum atomic E-state index is 9.07. The van der Waals surface area contributed by atoms with Crippen LogP contribution in [0.1, 0.15) is 29.2 Å². The zero-order valence-electron chi connectivity index (χ0n) is 10.1. The number of halogens is 1. The summed E-state index contributed by atoms with van der Waals surface area (Å²) in [4.78, 5) is 4.43. The van der Waals surface area contributed by atoms with Crippen LogP contribution in [-0.4, -0.2) is 4.98 Å². The molecule has 1 aromatic carbocycles. The Balaban J connectivity index is 2.22. The molecule has 2 rings (SSSR count). The molecule has 0 spiro atoms. The first-order valence-corrected chi connectivity index (χ1v) is 6.74. The van der Waals surface area contributed by atoms with Gasteiger partial charge in [-0.3, -0.25) is 0 Å². The molecule has 0 aliphatic carbocycles. The highest BCUT2D eigenvalue weighted by molar-refractivity contribution is 7.09. The largest absolute Gasteiger partial charge is 0.375 e. The van der Waals surface area contributed by atoms with Crippen LogP contribution in [0.3, 0.4) is 0 Å². The Morgan fingerprint density at radius 1 is 1.50 bits per heavy atom. The first kappa shape index (κ1) is 12.9. The summed E-state index contributed by atoms with van der Waals surface area (Å²) in [6.45, 7) is 3.99. The van der Waals surface area contributed by atoms with Gasteiger partial charge in [-0.15, -0.1) is 11.3 Å². The molecule has 0 saturated carbocycles. The van der Waals surface area contributed by atoms with Crippen LogP contribution in [0.4, 0.5) is 5.69 Å². The summed E-state index contributed by atoms with van der Waals surface area (Å²) in [6.07, 6.45) is 0. The van der Waals surface area contributed by atoms with Gasteiger partial charge < -0.3 is 5.32 Å². The van der Waals surface area contributed by atoms with Crippen molar-refractivity contribution in [2.45, 2.75) is 19.9 Å². The standard InChI is InChI=1S/C13H12ClN3S/c1-8-7-18-13(16-8)9(2)17-12-4-3-11(14)5-10(12)6-15/h3-5,7,9,17H,1-2H3. The number of nitriles is 1. The number of anilines is 1. The monoisotopic (exact) mass is 277 g/mol. The van der Waals surface area contributed by atoms with E-state index in [0.29, 0.717) is 10.6 Å². The lowest BCUT2D eigenvalue weighted by Gasteiger charge is -2.14. The van der Waals surface area contributed by atoms with E-state index in [1.54, 1.807) is 23.5 Å². The van der Waals surface area contributed by atoms with E-state index in [1.807, 2.05) is 25.3 Å². The number of nitrogens with one attached hydrogen (secondary N) is 1. The maximum Gasteiger partial charge on any atom is 0.115 e. The predicted octanol–water partition coefficient (Wildman–Crippen LogP) is 4.15. The fourth-order valence-corrected chi connectivity index (χ4v) is 2.58. The number of thiazole rings is 1. The number of hydrogen-bond acceptors (Lipinski definition) is 4. The Labute approximate surface area is 115 Å². The summed E-state index contributed by atoms with van der Waals surface area (Å²) in [5.74, 6) is 0. The van der Waals surface area contributed by atoms with Gasteiger partial charge in [-0.25, -0.2) is 4.98 Å². The van der Waals surface area contributed by atoms with Crippen molar-refractivity contribution >= 4 is 28.6 Å². The van der Waals surface area contributed by atoms with Crippen molar-refractivity contribution in [1.82, 2.24) is 4.98 Å². The van der Waals surface area contributed by atoms with E-state index in [-0.39, 0.29) is 6.04 Å². The van der Waals surface area contributed by atoms with E-state index in [9.17, 15) is 0 Å². The Morgan fingerprint density at radius 3 is 2.89 bits per heavy atom. The van der Waals surface area contributed by atoms with Crippen LogP contribution < -0.4 is 5.32 Å². The molecule has 2 aromatic rings. The normalized spacial score (nSPS) is 11.9. The number of nitrogens with zero attached hydrogens (tertiary/aromatic N) is 2. The SMILES string of the molecule is Cc1csc(C(C)Nc2ccc(Cl)cc2C#N)n1. The molecule has 1 atom stereocenters.